The Kier molecular flexibility index (Phi) is 7.35. The van der Waals surface area contributed by atoms with E-state index in [1.54, 1.807) is 24.3 Å². The fourth-order valence-corrected chi connectivity index (χ4v) is 3.57. The van der Waals surface area contributed by atoms with Crippen LogP contribution in [0.1, 0.15) is 12.5 Å². The Morgan fingerprint density at radius 1 is 1.06 bits per heavy atom. The molecule has 11 heteroatoms. The highest BCUT2D eigenvalue weighted by atomic mass is 35.5. The number of hydrogen-bond donors (Lipinski definition) is 4. The van der Waals surface area contributed by atoms with E-state index in [0.29, 0.717) is 22.2 Å². The Labute approximate surface area is 193 Å². The van der Waals surface area contributed by atoms with Crippen molar-refractivity contribution in [3.05, 3.63) is 52.0 Å². The van der Waals surface area contributed by atoms with Gasteiger partial charge >= 0.3 is 17.7 Å². The zero-order valence-electron chi connectivity index (χ0n) is 16.9. The fourth-order valence-electron chi connectivity index (χ4n) is 3.07. The van der Waals surface area contributed by atoms with E-state index in [0.717, 1.165) is 5.56 Å². The lowest BCUT2D eigenvalue weighted by atomic mass is 10.1. The van der Waals surface area contributed by atoms with Crippen LogP contribution in [-0.4, -0.2) is 58.3 Å². The minimum atomic E-state index is -2.79. The minimum Gasteiger partial charge on any atom is -0.491 e. The van der Waals surface area contributed by atoms with Gasteiger partial charge in [0.15, 0.2) is 11.5 Å². The van der Waals surface area contributed by atoms with E-state index in [-0.39, 0.29) is 30.7 Å². The summed E-state index contributed by atoms with van der Waals surface area (Å²) >= 11 is 11.8. The lowest BCUT2D eigenvalue weighted by molar-refractivity contribution is -0.194. The summed E-state index contributed by atoms with van der Waals surface area (Å²) in [5.74, 6) is -5.78. The molecular weight excluding hydrogens is 465 g/mol. The van der Waals surface area contributed by atoms with Gasteiger partial charge in [-0.1, -0.05) is 29.3 Å². The number of fused-ring (bicyclic) bond motifs is 1. The summed E-state index contributed by atoms with van der Waals surface area (Å²) in [5, 5.41) is 32.6. The monoisotopic (exact) mass is 485 g/mol. The van der Waals surface area contributed by atoms with Crippen LogP contribution < -0.4 is 19.5 Å². The van der Waals surface area contributed by atoms with Crippen molar-refractivity contribution in [3.8, 4) is 17.2 Å². The van der Waals surface area contributed by atoms with Crippen molar-refractivity contribution in [1.82, 2.24) is 5.32 Å². The Morgan fingerprint density at radius 2 is 1.69 bits per heavy atom. The standard InChI is InChI=1S/C21H21Cl2NO8/c1-11(24-9-15(25)10-30-16-7-13(22)6-14(23)8-16)4-12-2-3-17-18(5-12)32-21(31-17,19(26)27)20(28)29/h2-3,5-8,11,15,24-25H,4,9-10H2,1H3,(H,26,27)(H,28,29). The molecule has 0 radical (unpaired) electrons. The summed E-state index contributed by atoms with van der Waals surface area (Å²) in [5.41, 5.74) is 0.762. The molecule has 0 fully saturated rings. The second-order valence-electron chi connectivity index (χ2n) is 7.30. The molecule has 1 aliphatic heterocycles. The molecule has 2 atom stereocenters. The highest BCUT2D eigenvalue weighted by molar-refractivity contribution is 6.34. The molecule has 2 aromatic rings. The first-order chi connectivity index (χ1) is 15.1. The van der Waals surface area contributed by atoms with Crippen LogP contribution in [-0.2, 0) is 16.0 Å². The summed E-state index contributed by atoms with van der Waals surface area (Å²) in [6.45, 7) is 2.18. The molecule has 0 saturated carbocycles. The number of carboxylic acid groups (broad SMARTS) is 2. The van der Waals surface area contributed by atoms with Crippen molar-refractivity contribution in [2.24, 2.45) is 0 Å². The molecule has 3 rings (SSSR count). The van der Waals surface area contributed by atoms with Gasteiger partial charge in [-0.05, 0) is 49.2 Å². The van der Waals surface area contributed by atoms with Crippen LogP contribution >= 0.6 is 23.2 Å². The van der Waals surface area contributed by atoms with Crippen LogP contribution in [0.5, 0.6) is 17.2 Å². The van der Waals surface area contributed by atoms with Gasteiger partial charge in [0.1, 0.15) is 18.5 Å². The summed E-state index contributed by atoms with van der Waals surface area (Å²) in [6, 6.07) is 9.37. The number of aliphatic carboxylic acids is 2. The topological polar surface area (TPSA) is 135 Å². The van der Waals surface area contributed by atoms with E-state index in [1.165, 1.54) is 12.1 Å². The van der Waals surface area contributed by atoms with Gasteiger partial charge in [-0.25, -0.2) is 9.59 Å². The second kappa shape index (κ2) is 9.83. The van der Waals surface area contributed by atoms with Gasteiger partial charge < -0.3 is 34.8 Å². The van der Waals surface area contributed by atoms with E-state index < -0.39 is 23.8 Å². The van der Waals surface area contributed by atoms with E-state index in [1.807, 2.05) is 6.92 Å². The van der Waals surface area contributed by atoms with Crippen molar-refractivity contribution in [2.75, 3.05) is 13.2 Å². The van der Waals surface area contributed by atoms with E-state index >= 15 is 0 Å². The molecule has 172 valence electrons. The number of carbonyl (C=O) groups is 2. The first-order valence-corrected chi connectivity index (χ1v) is 10.3. The predicted molar refractivity (Wildman–Crippen MR) is 115 cm³/mol. The number of hydrogen-bond acceptors (Lipinski definition) is 7. The summed E-state index contributed by atoms with van der Waals surface area (Å²) in [7, 11) is 0. The van der Waals surface area contributed by atoms with Gasteiger partial charge in [0.25, 0.3) is 0 Å². The maximum Gasteiger partial charge on any atom is 0.453 e. The maximum atomic E-state index is 11.3. The molecule has 0 spiro atoms. The van der Waals surface area contributed by atoms with E-state index in [9.17, 15) is 24.9 Å². The fraction of sp³-hybridized carbons (Fsp3) is 0.333. The normalized spacial score (nSPS) is 15.8. The summed E-state index contributed by atoms with van der Waals surface area (Å²) in [4.78, 5) is 22.7. The average molecular weight is 486 g/mol. The average Bonchev–Trinajstić information content (AvgIpc) is 3.10. The van der Waals surface area contributed by atoms with Gasteiger partial charge in [0.2, 0.25) is 0 Å². The summed E-state index contributed by atoms with van der Waals surface area (Å²) < 4.78 is 15.6. The first kappa shape index (κ1) is 23.9. The molecule has 0 aliphatic carbocycles. The number of benzene rings is 2. The molecule has 1 heterocycles. The molecule has 0 bridgehead atoms. The number of aliphatic hydroxyl groups excluding tert-OH is 1. The molecule has 1 aliphatic rings. The number of carboxylic acids is 2. The predicted octanol–water partition coefficient (Wildman–Crippen LogP) is 2.59. The quantitative estimate of drug-likeness (QED) is 0.374. The van der Waals surface area contributed by atoms with Crippen LogP contribution in [0.2, 0.25) is 10.0 Å². The number of ether oxygens (including phenoxy) is 3. The second-order valence-corrected chi connectivity index (χ2v) is 8.17. The molecule has 4 N–H and O–H groups in total. The first-order valence-electron chi connectivity index (χ1n) is 9.57. The maximum absolute atomic E-state index is 11.3. The van der Waals surface area contributed by atoms with Gasteiger partial charge in [-0.2, -0.15) is 0 Å². The third-order valence-electron chi connectivity index (χ3n) is 4.60. The molecular formula is C21H21Cl2NO8. The third-order valence-corrected chi connectivity index (χ3v) is 5.04. The van der Waals surface area contributed by atoms with Crippen LogP contribution in [0, 0.1) is 0 Å². The van der Waals surface area contributed by atoms with Gasteiger partial charge in [-0.3, -0.25) is 0 Å². The SMILES string of the molecule is CC(Cc1ccc2c(c1)OC(C(=O)O)(C(=O)O)O2)NCC(O)COc1cc(Cl)cc(Cl)c1. The zero-order valence-corrected chi connectivity index (χ0v) is 18.4. The number of aliphatic hydroxyl groups is 1. The lowest BCUT2D eigenvalue weighted by Crippen LogP contribution is -2.54. The molecule has 0 aromatic heterocycles. The van der Waals surface area contributed by atoms with Crippen LogP contribution in [0.3, 0.4) is 0 Å². The Balaban J connectivity index is 1.50. The zero-order chi connectivity index (χ0) is 23.5. The number of nitrogens with one attached hydrogen (secondary N) is 1. The molecule has 0 saturated heterocycles. The number of halogens is 2. The smallest absolute Gasteiger partial charge is 0.453 e. The Morgan fingerprint density at radius 3 is 2.31 bits per heavy atom. The van der Waals surface area contributed by atoms with Crippen molar-refractivity contribution >= 4 is 35.1 Å². The minimum absolute atomic E-state index is 0.0346. The van der Waals surface area contributed by atoms with Crippen LogP contribution in [0.4, 0.5) is 0 Å². The van der Waals surface area contributed by atoms with Crippen LogP contribution in [0.25, 0.3) is 0 Å². The van der Waals surface area contributed by atoms with Crippen LogP contribution in [0.15, 0.2) is 36.4 Å². The van der Waals surface area contributed by atoms with E-state index in [4.69, 9.17) is 37.4 Å². The molecule has 2 unspecified atom stereocenters. The van der Waals surface area contributed by atoms with Gasteiger partial charge in [0, 0.05) is 22.6 Å². The third kappa shape index (κ3) is 5.55. The highest BCUT2D eigenvalue weighted by Crippen LogP contribution is 2.40. The molecule has 9 nitrogen and oxygen atoms in total. The Bertz CT molecular complexity index is 981. The van der Waals surface area contributed by atoms with Gasteiger partial charge in [-0.15, -0.1) is 0 Å². The highest BCUT2D eigenvalue weighted by Gasteiger charge is 2.57. The largest absolute Gasteiger partial charge is 0.491 e. The Hall–Kier alpha value is -2.72. The molecule has 32 heavy (non-hydrogen) atoms. The van der Waals surface area contributed by atoms with Crippen molar-refractivity contribution < 1.29 is 39.1 Å². The van der Waals surface area contributed by atoms with Gasteiger partial charge in [0.05, 0.1) is 0 Å². The lowest BCUT2D eigenvalue weighted by Gasteiger charge is -2.18. The van der Waals surface area contributed by atoms with Crippen molar-refractivity contribution in [3.63, 3.8) is 0 Å². The molecule has 0 amide bonds. The molecule has 2 aromatic carbocycles. The van der Waals surface area contributed by atoms with E-state index in [2.05, 4.69) is 5.32 Å². The number of rotatable bonds is 10. The summed E-state index contributed by atoms with van der Waals surface area (Å²) in [6.07, 6.45) is -0.292. The van der Waals surface area contributed by atoms with Crippen molar-refractivity contribution in [1.29, 1.82) is 0 Å². The van der Waals surface area contributed by atoms with Crippen molar-refractivity contribution in [2.45, 2.75) is 31.3 Å².